The van der Waals surface area contributed by atoms with Crippen LogP contribution in [0.1, 0.15) is 31.7 Å². The summed E-state index contributed by atoms with van der Waals surface area (Å²) in [6.45, 7) is 5.45. The van der Waals surface area contributed by atoms with E-state index in [0.29, 0.717) is 6.42 Å². The fraction of sp³-hybridized carbons (Fsp3) is 0.438. The monoisotopic (exact) mass is 303 g/mol. The van der Waals surface area contributed by atoms with Gasteiger partial charge in [0.2, 0.25) is 5.91 Å². The highest BCUT2D eigenvalue weighted by molar-refractivity contribution is 5.83. The van der Waals surface area contributed by atoms with Gasteiger partial charge in [-0.3, -0.25) is 4.79 Å². The molecule has 0 bridgehead atoms. The lowest BCUT2D eigenvalue weighted by Crippen LogP contribution is -2.44. The van der Waals surface area contributed by atoms with E-state index >= 15 is 0 Å². The number of imidazole rings is 1. The molecule has 1 amide bonds. The van der Waals surface area contributed by atoms with Crippen molar-refractivity contribution in [1.82, 2.24) is 14.7 Å². The molecule has 22 heavy (non-hydrogen) atoms. The Balaban J connectivity index is 2.04. The Morgan fingerprint density at radius 3 is 2.73 bits per heavy atom. The van der Waals surface area contributed by atoms with Crippen LogP contribution in [0.25, 0.3) is 5.65 Å². The van der Waals surface area contributed by atoms with Gasteiger partial charge >= 0.3 is 5.97 Å². The van der Waals surface area contributed by atoms with E-state index in [2.05, 4.69) is 10.3 Å². The Kier molecular flexibility index (Phi) is 4.80. The number of aliphatic carboxylic acids is 1. The van der Waals surface area contributed by atoms with Gasteiger partial charge in [0.15, 0.2) is 0 Å². The van der Waals surface area contributed by atoms with Gasteiger partial charge in [-0.2, -0.15) is 0 Å². The quantitative estimate of drug-likeness (QED) is 0.852. The second-order valence-electron chi connectivity index (χ2n) is 5.70. The van der Waals surface area contributed by atoms with Gasteiger partial charge in [-0.25, -0.2) is 9.78 Å². The Morgan fingerprint density at radius 2 is 2.09 bits per heavy atom. The molecule has 1 atom stereocenters. The Morgan fingerprint density at radius 1 is 1.36 bits per heavy atom. The third-order valence-corrected chi connectivity index (χ3v) is 3.67. The highest BCUT2D eigenvalue weighted by Gasteiger charge is 2.23. The van der Waals surface area contributed by atoms with E-state index in [1.54, 1.807) is 13.8 Å². The van der Waals surface area contributed by atoms with Gasteiger partial charge in [0.25, 0.3) is 0 Å². The molecule has 0 radical (unpaired) electrons. The standard InChI is InChI=1S/C16H21N3O3/c1-10(2)15(16(21)22)18-14(20)8-7-12-11(3)17-13-6-4-5-9-19(12)13/h4-6,9-10,15H,7-8H2,1-3H3,(H,18,20)(H,21,22). The van der Waals surface area contributed by atoms with Crippen molar-refractivity contribution >= 4 is 17.5 Å². The number of carboxylic acids is 1. The van der Waals surface area contributed by atoms with Crippen LogP contribution < -0.4 is 5.32 Å². The number of hydrogen-bond acceptors (Lipinski definition) is 3. The van der Waals surface area contributed by atoms with Gasteiger partial charge < -0.3 is 14.8 Å². The fourth-order valence-electron chi connectivity index (χ4n) is 2.46. The van der Waals surface area contributed by atoms with Gasteiger partial charge in [-0.05, 0) is 31.4 Å². The summed E-state index contributed by atoms with van der Waals surface area (Å²) in [5, 5.41) is 11.7. The van der Waals surface area contributed by atoms with Crippen LogP contribution >= 0.6 is 0 Å². The Hall–Kier alpha value is -2.37. The van der Waals surface area contributed by atoms with Crippen molar-refractivity contribution in [2.75, 3.05) is 0 Å². The van der Waals surface area contributed by atoms with Crippen molar-refractivity contribution in [3.63, 3.8) is 0 Å². The molecule has 2 N–H and O–H groups in total. The van der Waals surface area contributed by atoms with Crippen LogP contribution in [0.3, 0.4) is 0 Å². The van der Waals surface area contributed by atoms with Crippen molar-refractivity contribution in [1.29, 1.82) is 0 Å². The maximum atomic E-state index is 12.0. The summed E-state index contributed by atoms with van der Waals surface area (Å²) in [4.78, 5) is 27.6. The second kappa shape index (κ2) is 6.60. The number of pyridine rings is 1. The number of carbonyl (C=O) groups is 2. The Labute approximate surface area is 129 Å². The molecule has 0 aliphatic heterocycles. The molecule has 0 aliphatic carbocycles. The zero-order valence-electron chi connectivity index (χ0n) is 13.0. The molecule has 2 heterocycles. The van der Waals surface area contributed by atoms with Crippen LogP contribution in [0.5, 0.6) is 0 Å². The van der Waals surface area contributed by atoms with Gasteiger partial charge in [-0.15, -0.1) is 0 Å². The van der Waals surface area contributed by atoms with E-state index < -0.39 is 12.0 Å². The molecule has 2 rings (SSSR count). The average Bonchev–Trinajstić information content (AvgIpc) is 2.77. The van der Waals surface area contributed by atoms with Crippen LogP contribution in [0.2, 0.25) is 0 Å². The van der Waals surface area contributed by atoms with E-state index in [1.165, 1.54) is 0 Å². The molecule has 0 aromatic carbocycles. The molecule has 6 heteroatoms. The van der Waals surface area contributed by atoms with E-state index in [0.717, 1.165) is 17.0 Å². The first kappa shape index (κ1) is 16.0. The third kappa shape index (κ3) is 3.44. The molecule has 0 saturated carbocycles. The first-order valence-electron chi connectivity index (χ1n) is 7.35. The molecule has 2 aromatic rings. The van der Waals surface area contributed by atoms with Crippen LogP contribution in [-0.4, -0.2) is 32.4 Å². The minimum absolute atomic E-state index is 0.154. The number of fused-ring (bicyclic) bond motifs is 1. The predicted octanol–water partition coefficient (Wildman–Crippen LogP) is 1.80. The second-order valence-corrected chi connectivity index (χ2v) is 5.70. The van der Waals surface area contributed by atoms with Crippen LogP contribution in [0.15, 0.2) is 24.4 Å². The number of nitrogens with one attached hydrogen (secondary N) is 1. The summed E-state index contributed by atoms with van der Waals surface area (Å²) < 4.78 is 1.96. The number of carbonyl (C=O) groups excluding carboxylic acids is 1. The molecule has 0 spiro atoms. The van der Waals surface area contributed by atoms with Crippen LogP contribution in [-0.2, 0) is 16.0 Å². The lowest BCUT2D eigenvalue weighted by molar-refractivity contribution is -0.143. The lowest BCUT2D eigenvalue weighted by atomic mass is 10.0. The highest BCUT2D eigenvalue weighted by Crippen LogP contribution is 2.13. The average molecular weight is 303 g/mol. The Bertz CT molecular complexity index is 691. The van der Waals surface area contributed by atoms with Crippen molar-refractivity contribution in [2.24, 2.45) is 5.92 Å². The largest absolute Gasteiger partial charge is 0.480 e. The smallest absolute Gasteiger partial charge is 0.326 e. The predicted molar refractivity (Wildman–Crippen MR) is 82.7 cm³/mol. The molecular weight excluding hydrogens is 282 g/mol. The summed E-state index contributed by atoms with van der Waals surface area (Å²) >= 11 is 0. The van der Waals surface area contributed by atoms with Crippen LogP contribution in [0.4, 0.5) is 0 Å². The van der Waals surface area contributed by atoms with Crippen molar-refractivity contribution < 1.29 is 14.7 Å². The number of rotatable bonds is 6. The van der Waals surface area contributed by atoms with Gasteiger partial charge in [0.05, 0.1) is 5.69 Å². The normalized spacial score (nSPS) is 12.5. The van der Waals surface area contributed by atoms with E-state index in [-0.39, 0.29) is 18.2 Å². The molecule has 1 unspecified atom stereocenters. The van der Waals surface area contributed by atoms with Crippen molar-refractivity contribution in [3.8, 4) is 0 Å². The number of nitrogens with zero attached hydrogens (tertiary/aromatic N) is 2. The summed E-state index contributed by atoms with van der Waals surface area (Å²) in [6, 6.07) is 4.89. The maximum absolute atomic E-state index is 12.0. The molecule has 6 nitrogen and oxygen atoms in total. The first-order chi connectivity index (χ1) is 10.4. The third-order valence-electron chi connectivity index (χ3n) is 3.67. The summed E-state index contributed by atoms with van der Waals surface area (Å²) in [6.07, 6.45) is 2.67. The fourth-order valence-corrected chi connectivity index (χ4v) is 2.46. The number of amides is 1. The maximum Gasteiger partial charge on any atom is 0.326 e. The summed E-state index contributed by atoms with van der Waals surface area (Å²) in [5.41, 5.74) is 2.71. The molecule has 0 aliphatic rings. The van der Waals surface area contributed by atoms with Gasteiger partial charge in [0.1, 0.15) is 11.7 Å². The number of aromatic nitrogens is 2. The first-order valence-corrected chi connectivity index (χ1v) is 7.35. The molecule has 0 saturated heterocycles. The molecule has 0 fully saturated rings. The van der Waals surface area contributed by atoms with Gasteiger partial charge in [-0.1, -0.05) is 19.9 Å². The lowest BCUT2D eigenvalue weighted by Gasteiger charge is -2.17. The molecule has 2 aromatic heterocycles. The highest BCUT2D eigenvalue weighted by atomic mass is 16.4. The molecule has 118 valence electrons. The number of hydrogen-bond donors (Lipinski definition) is 2. The minimum atomic E-state index is -1.01. The summed E-state index contributed by atoms with van der Waals surface area (Å²) in [7, 11) is 0. The summed E-state index contributed by atoms with van der Waals surface area (Å²) in [5.74, 6) is -1.42. The minimum Gasteiger partial charge on any atom is -0.480 e. The topological polar surface area (TPSA) is 83.7 Å². The van der Waals surface area contributed by atoms with E-state index in [4.69, 9.17) is 5.11 Å². The SMILES string of the molecule is Cc1nc2ccccn2c1CCC(=O)NC(C(=O)O)C(C)C. The van der Waals surface area contributed by atoms with Crippen molar-refractivity contribution in [3.05, 3.63) is 35.8 Å². The van der Waals surface area contributed by atoms with Crippen LogP contribution in [0, 0.1) is 12.8 Å². The number of aryl methyl sites for hydroxylation is 2. The zero-order chi connectivity index (χ0) is 16.3. The zero-order valence-corrected chi connectivity index (χ0v) is 13.0. The number of carboxylic acid groups (broad SMARTS) is 1. The van der Waals surface area contributed by atoms with E-state index in [1.807, 2.05) is 35.7 Å². The van der Waals surface area contributed by atoms with Gasteiger partial charge in [0, 0.05) is 18.3 Å². The molecular formula is C16H21N3O3. The van der Waals surface area contributed by atoms with E-state index in [9.17, 15) is 9.59 Å². The van der Waals surface area contributed by atoms with Crippen molar-refractivity contribution in [2.45, 2.75) is 39.7 Å².